The maximum atomic E-state index is 4.83. The minimum Gasteiger partial charge on any atom is -0.0778 e. The molecule has 0 unspecified atom stereocenters. The maximum absolute atomic E-state index is 4.83. The highest BCUT2D eigenvalue weighted by atomic mass is 32.1. The van der Waals surface area contributed by atoms with Crippen molar-refractivity contribution in [2.24, 2.45) is 0 Å². The molecule has 0 bridgehead atoms. The number of hydrogen-bond donors (Lipinski definition) is 0. The molecule has 0 aliphatic carbocycles. The molecule has 0 amide bonds. The van der Waals surface area contributed by atoms with Crippen LogP contribution in [0.2, 0.25) is 0 Å². The summed E-state index contributed by atoms with van der Waals surface area (Å²) in [7, 11) is 0. The second-order valence-electron chi connectivity index (χ2n) is 3.22. The third kappa shape index (κ3) is 3.27. The molecule has 1 aromatic carbocycles. The summed E-state index contributed by atoms with van der Waals surface area (Å²) in [6.07, 6.45) is 4.95. The predicted octanol–water partition coefficient (Wildman–Crippen LogP) is 3.64. The largest absolute Gasteiger partial charge is 0.0778 e. The van der Waals surface area contributed by atoms with Crippen LogP contribution in [-0.4, -0.2) is 5.37 Å². The van der Waals surface area contributed by atoms with Crippen molar-refractivity contribution < 1.29 is 0 Å². The highest BCUT2D eigenvalue weighted by molar-refractivity contribution is 7.79. The molecule has 0 fully saturated rings. The van der Waals surface area contributed by atoms with Gasteiger partial charge in [-0.2, -0.15) is 0 Å². The van der Waals surface area contributed by atoms with Crippen molar-refractivity contribution in [3.05, 3.63) is 35.4 Å². The van der Waals surface area contributed by atoms with Gasteiger partial charge in [0.05, 0.1) is 5.37 Å². The molecule has 0 spiro atoms. The summed E-state index contributed by atoms with van der Waals surface area (Å²) >= 11 is 4.83. The molecule has 1 radical (unpaired) electrons. The van der Waals surface area contributed by atoms with Crippen LogP contribution in [0.15, 0.2) is 24.3 Å². The molecular weight excluding hydrogens is 176 g/mol. The molecule has 1 heteroatoms. The van der Waals surface area contributed by atoms with Gasteiger partial charge >= 0.3 is 0 Å². The third-order valence-corrected chi connectivity index (χ3v) is 2.40. The average molecular weight is 191 g/mol. The van der Waals surface area contributed by atoms with Gasteiger partial charge in [0, 0.05) is 0 Å². The summed E-state index contributed by atoms with van der Waals surface area (Å²) in [4.78, 5) is 0. The van der Waals surface area contributed by atoms with Crippen molar-refractivity contribution >= 4 is 17.6 Å². The molecule has 0 atom stereocenters. The minimum atomic E-state index is 1.09. The van der Waals surface area contributed by atoms with Gasteiger partial charge in [-0.25, -0.2) is 0 Å². The zero-order valence-electron chi connectivity index (χ0n) is 8.05. The Morgan fingerprint density at radius 2 is 2.00 bits per heavy atom. The first-order valence-electron chi connectivity index (χ1n) is 4.84. The van der Waals surface area contributed by atoms with Crippen LogP contribution >= 0.6 is 12.2 Å². The second kappa shape index (κ2) is 5.87. The van der Waals surface area contributed by atoms with Crippen LogP contribution in [0.1, 0.15) is 37.3 Å². The summed E-state index contributed by atoms with van der Waals surface area (Å²) in [5, 5.41) is 2.81. The Bertz CT molecular complexity index is 266. The van der Waals surface area contributed by atoms with Gasteiger partial charge in [-0.15, -0.1) is 0 Å². The van der Waals surface area contributed by atoms with E-state index in [0.717, 1.165) is 12.0 Å². The van der Waals surface area contributed by atoms with Crippen LogP contribution in [-0.2, 0) is 6.42 Å². The number of hydrogen-bond acceptors (Lipinski definition) is 1. The molecule has 13 heavy (non-hydrogen) atoms. The van der Waals surface area contributed by atoms with E-state index < -0.39 is 0 Å². The standard InChI is InChI=1S/C12H15S/c1-2-3-4-7-11-8-5-6-9-12(11)10-13/h5-6,8-9H,2-4,7H2,1H3. The summed E-state index contributed by atoms with van der Waals surface area (Å²) in [6.45, 7) is 2.22. The molecule has 69 valence electrons. The number of rotatable bonds is 5. The number of thiocarbonyl (C=S) groups is 1. The maximum Gasteiger partial charge on any atom is 0.0639 e. The van der Waals surface area contributed by atoms with Crippen molar-refractivity contribution in [3.8, 4) is 0 Å². The number of unbranched alkanes of at least 4 members (excludes halogenated alkanes) is 2. The van der Waals surface area contributed by atoms with E-state index in [9.17, 15) is 0 Å². The van der Waals surface area contributed by atoms with Crippen LogP contribution in [0.25, 0.3) is 0 Å². The fraction of sp³-hybridized carbons (Fsp3) is 0.417. The molecule has 0 aliphatic heterocycles. The predicted molar refractivity (Wildman–Crippen MR) is 61.4 cm³/mol. The first-order valence-corrected chi connectivity index (χ1v) is 5.25. The Kier molecular flexibility index (Phi) is 4.69. The fourth-order valence-electron chi connectivity index (χ4n) is 1.40. The molecular formula is C12H15S. The Balaban J connectivity index is 2.59. The van der Waals surface area contributed by atoms with E-state index in [4.69, 9.17) is 12.2 Å². The van der Waals surface area contributed by atoms with E-state index in [0.29, 0.717) is 0 Å². The monoisotopic (exact) mass is 191 g/mol. The van der Waals surface area contributed by atoms with Gasteiger partial charge in [0.25, 0.3) is 0 Å². The van der Waals surface area contributed by atoms with Crippen LogP contribution in [0.5, 0.6) is 0 Å². The van der Waals surface area contributed by atoms with E-state index in [2.05, 4.69) is 24.4 Å². The SMILES string of the molecule is CCCCCc1ccccc1[C]=S. The first kappa shape index (κ1) is 10.4. The smallest absolute Gasteiger partial charge is 0.0639 e. The van der Waals surface area contributed by atoms with Crippen molar-refractivity contribution in [3.63, 3.8) is 0 Å². The zero-order chi connectivity index (χ0) is 9.52. The molecule has 0 aromatic heterocycles. The summed E-state index contributed by atoms with van der Waals surface area (Å²) in [5.74, 6) is 0. The normalized spacial score (nSPS) is 9.92. The summed E-state index contributed by atoms with van der Waals surface area (Å²) < 4.78 is 0. The topological polar surface area (TPSA) is 0 Å². The van der Waals surface area contributed by atoms with E-state index in [1.54, 1.807) is 0 Å². The Morgan fingerprint density at radius 3 is 2.69 bits per heavy atom. The lowest BCUT2D eigenvalue weighted by atomic mass is 10.0. The van der Waals surface area contributed by atoms with Gasteiger partial charge in [0.15, 0.2) is 0 Å². The van der Waals surface area contributed by atoms with Gasteiger partial charge < -0.3 is 0 Å². The third-order valence-electron chi connectivity index (χ3n) is 2.18. The van der Waals surface area contributed by atoms with Crippen LogP contribution in [0, 0.1) is 0 Å². The first-order chi connectivity index (χ1) is 6.38. The summed E-state index contributed by atoms with van der Waals surface area (Å²) in [6, 6.07) is 8.26. The summed E-state index contributed by atoms with van der Waals surface area (Å²) in [5.41, 5.74) is 2.43. The van der Waals surface area contributed by atoms with Gasteiger partial charge in [-0.1, -0.05) is 56.2 Å². The van der Waals surface area contributed by atoms with E-state index in [1.807, 2.05) is 12.1 Å². The number of aryl methyl sites for hydroxylation is 1. The lowest BCUT2D eigenvalue weighted by Crippen LogP contribution is -1.91. The molecule has 0 nitrogen and oxygen atoms in total. The van der Waals surface area contributed by atoms with Gasteiger partial charge in [0.1, 0.15) is 0 Å². The second-order valence-corrected chi connectivity index (χ2v) is 3.42. The van der Waals surface area contributed by atoms with E-state index >= 15 is 0 Å². The molecule has 1 aromatic rings. The van der Waals surface area contributed by atoms with E-state index in [-0.39, 0.29) is 0 Å². The van der Waals surface area contributed by atoms with Gasteiger partial charge in [0.2, 0.25) is 0 Å². The Hall–Kier alpha value is -0.690. The highest BCUT2D eigenvalue weighted by Gasteiger charge is 1.97. The Morgan fingerprint density at radius 1 is 1.23 bits per heavy atom. The van der Waals surface area contributed by atoms with Gasteiger partial charge in [-0.05, 0) is 24.0 Å². The lowest BCUT2D eigenvalue weighted by molar-refractivity contribution is 0.717. The van der Waals surface area contributed by atoms with Crippen LogP contribution in [0.3, 0.4) is 0 Å². The zero-order valence-corrected chi connectivity index (χ0v) is 8.86. The molecule has 1 rings (SSSR count). The number of benzene rings is 1. The van der Waals surface area contributed by atoms with Crippen molar-refractivity contribution in [1.29, 1.82) is 0 Å². The molecule has 0 saturated carbocycles. The van der Waals surface area contributed by atoms with Crippen LogP contribution < -0.4 is 0 Å². The molecule has 0 aliphatic rings. The van der Waals surface area contributed by atoms with Crippen molar-refractivity contribution in [1.82, 2.24) is 0 Å². The highest BCUT2D eigenvalue weighted by Crippen LogP contribution is 2.10. The van der Waals surface area contributed by atoms with E-state index in [1.165, 1.54) is 24.8 Å². The van der Waals surface area contributed by atoms with Crippen molar-refractivity contribution in [2.75, 3.05) is 0 Å². The van der Waals surface area contributed by atoms with Crippen molar-refractivity contribution in [2.45, 2.75) is 32.6 Å². The lowest BCUT2D eigenvalue weighted by Gasteiger charge is -2.03. The molecule has 0 saturated heterocycles. The fourth-order valence-corrected chi connectivity index (χ4v) is 1.60. The molecule has 0 N–H and O–H groups in total. The van der Waals surface area contributed by atoms with Crippen LogP contribution in [0.4, 0.5) is 0 Å². The average Bonchev–Trinajstić information content (AvgIpc) is 2.19. The quantitative estimate of drug-likeness (QED) is 0.506. The minimum absolute atomic E-state index is 1.09. The molecule has 0 heterocycles. The Labute approximate surface area is 86.0 Å². The van der Waals surface area contributed by atoms with Gasteiger partial charge in [-0.3, -0.25) is 0 Å².